The highest BCUT2D eigenvalue weighted by atomic mass is 16.5. The van der Waals surface area contributed by atoms with E-state index in [2.05, 4.69) is 20.2 Å². The van der Waals surface area contributed by atoms with Gasteiger partial charge < -0.3 is 28.8 Å². The van der Waals surface area contributed by atoms with Crippen LogP contribution < -0.4 is 24.4 Å². The summed E-state index contributed by atoms with van der Waals surface area (Å²) in [6.07, 6.45) is 3.19. The zero-order chi connectivity index (χ0) is 22.8. The summed E-state index contributed by atoms with van der Waals surface area (Å²) in [6, 6.07) is 3.46. The molecule has 1 amide bonds. The van der Waals surface area contributed by atoms with Gasteiger partial charge in [-0.2, -0.15) is 0 Å². The first-order chi connectivity index (χ1) is 15.5. The molecule has 3 heterocycles. The number of ether oxygens (including phenoxy) is 3. The Balaban J connectivity index is 1.55. The molecule has 1 fully saturated rings. The number of anilines is 2. The van der Waals surface area contributed by atoms with Gasteiger partial charge in [-0.15, -0.1) is 0 Å². The Labute approximate surface area is 186 Å². The second-order valence-electron chi connectivity index (χ2n) is 7.85. The third-order valence-corrected chi connectivity index (χ3v) is 5.97. The van der Waals surface area contributed by atoms with E-state index in [-0.39, 0.29) is 11.8 Å². The van der Waals surface area contributed by atoms with Gasteiger partial charge in [-0.05, 0) is 26.7 Å². The monoisotopic (exact) mass is 440 g/mol. The van der Waals surface area contributed by atoms with Crippen molar-refractivity contribution < 1.29 is 23.4 Å². The first-order valence-electron chi connectivity index (χ1n) is 10.5. The van der Waals surface area contributed by atoms with Gasteiger partial charge in [0, 0.05) is 36.5 Å². The van der Waals surface area contributed by atoms with Crippen LogP contribution in [0.15, 0.2) is 22.9 Å². The number of amides is 1. The van der Waals surface area contributed by atoms with Crippen LogP contribution in [0, 0.1) is 19.8 Å². The zero-order valence-electron chi connectivity index (χ0n) is 19.0. The summed E-state index contributed by atoms with van der Waals surface area (Å²) >= 11 is 0. The molecule has 170 valence electrons. The molecule has 0 saturated carbocycles. The number of aromatic nitrogens is 2. The summed E-state index contributed by atoms with van der Waals surface area (Å²) in [6.45, 7) is 5.31. The van der Waals surface area contributed by atoms with Gasteiger partial charge in [-0.3, -0.25) is 4.79 Å². The first kappa shape index (κ1) is 21.7. The fraction of sp³-hybridized carbons (Fsp3) is 0.435. The van der Waals surface area contributed by atoms with Gasteiger partial charge in [-0.1, -0.05) is 0 Å². The van der Waals surface area contributed by atoms with Gasteiger partial charge in [0.2, 0.25) is 17.4 Å². The molecule has 9 nitrogen and oxygen atoms in total. The minimum atomic E-state index is -0.193. The molecule has 9 heteroatoms. The van der Waals surface area contributed by atoms with E-state index >= 15 is 0 Å². The zero-order valence-corrected chi connectivity index (χ0v) is 19.0. The predicted molar refractivity (Wildman–Crippen MR) is 121 cm³/mol. The molecule has 0 radical (unpaired) electrons. The van der Waals surface area contributed by atoms with Crippen LogP contribution in [0.1, 0.15) is 24.2 Å². The van der Waals surface area contributed by atoms with E-state index in [1.165, 1.54) is 6.33 Å². The maximum Gasteiger partial charge on any atom is 0.231 e. The molecular formula is C23H28N4O5. The molecule has 1 N–H and O–H groups in total. The fourth-order valence-electron chi connectivity index (χ4n) is 4.18. The van der Waals surface area contributed by atoms with E-state index in [0.717, 1.165) is 41.9 Å². The first-order valence-corrected chi connectivity index (χ1v) is 10.5. The Hall–Kier alpha value is -3.49. The van der Waals surface area contributed by atoms with Crippen LogP contribution in [0.4, 0.5) is 11.5 Å². The number of hydrogen-bond acceptors (Lipinski definition) is 8. The molecule has 1 aliphatic rings. The number of piperidine rings is 1. The van der Waals surface area contributed by atoms with Crippen LogP contribution in [0.25, 0.3) is 11.1 Å². The van der Waals surface area contributed by atoms with Crippen LogP contribution >= 0.6 is 0 Å². The second kappa shape index (κ2) is 8.94. The van der Waals surface area contributed by atoms with Crippen LogP contribution in [0.2, 0.25) is 0 Å². The maximum absolute atomic E-state index is 13.1. The maximum atomic E-state index is 13.1. The molecule has 0 aliphatic carbocycles. The number of aryl methyl sites for hydroxylation is 2. The van der Waals surface area contributed by atoms with Gasteiger partial charge in [0.05, 0.1) is 32.6 Å². The Bertz CT molecular complexity index is 1120. The number of fused-ring (bicyclic) bond motifs is 1. The number of rotatable bonds is 6. The van der Waals surface area contributed by atoms with E-state index in [4.69, 9.17) is 18.6 Å². The predicted octanol–water partition coefficient (Wildman–Crippen LogP) is 3.72. The molecule has 3 aromatic rings. The minimum absolute atomic E-state index is 0.0608. The van der Waals surface area contributed by atoms with Gasteiger partial charge in [0.1, 0.15) is 17.9 Å². The standard InChI is InChI=1S/C23H28N4O5/c1-13-14(2)32-23-19(13)21(24-12-25-23)27-8-6-7-15(11-27)22(28)26-16-9-17(29-3)20(31-5)18(10-16)30-4/h9-10,12,15H,6-8,11H2,1-5H3,(H,26,28)/t15-/m0/s1. The lowest BCUT2D eigenvalue weighted by molar-refractivity contribution is -0.120. The number of nitrogens with one attached hydrogen (secondary N) is 1. The van der Waals surface area contributed by atoms with E-state index in [0.29, 0.717) is 35.2 Å². The SMILES string of the molecule is COc1cc(NC(=O)[C@H]2CCCN(c3ncnc4oc(C)c(C)c34)C2)cc(OC)c1OC. The van der Waals surface area contributed by atoms with Gasteiger partial charge in [0.15, 0.2) is 11.5 Å². The van der Waals surface area contributed by atoms with Crippen molar-refractivity contribution in [3.63, 3.8) is 0 Å². The van der Waals surface area contributed by atoms with Gasteiger partial charge in [-0.25, -0.2) is 9.97 Å². The number of furan rings is 1. The highest BCUT2D eigenvalue weighted by Crippen LogP contribution is 2.40. The molecule has 1 atom stereocenters. The summed E-state index contributed by atoms with van der Waals surface area (Å²) in [5.74, 6) is 2.85. The topological polar surface area (TPSA) is 99.0 Å². The van der Waals surface area contributed by atoms with E-state index in [1.54, 1.807) is 33.5 Å². The van der Waals surface area contributed by atoms with Crippen LogP contribution in [-0.2, 0) is 4.79 Å². The lowest BCUT2D eigenvalue weighted by Crippen LogP contribution is -2.41. The number of methoxy groups -OCH3 is 3. The van der Waals surface area contributed by atoms with Gasteiger partial charge in [0.25, 0.3) is 0 Å². The Morgan fingerprint density at radius 1 is 1.12 bits per heavy atom. The summed E-state index contributed by atoms with van der Waals surface area (Å²) in [5, 5.41) is 3.92. The highest BCUT2D eigenvalue weighted by molar-refractivity contribution is 5.94. The van der Waals surface area contributed by atoms with Crippen molar-refractivity contribution in [1.29, 1.82) is 0 Å². The second-order valence-corrected chi connectivity index (χ2v) is 7.85. The summed E-state index contributed by atoms with van der Waals surface area (Å²) in [7, 11) is 4.64. The normalized spacial score (nSPS) is 16.2. The molecule has 0 unspecified atom stereocenters. The minimum Gasteiger partial charge on any atom is -0.493 e. The average molecular weight is 441 g/mol. The van der Waals surface area contributed by atoms with Crippen LogP contribution in [0.3, 0.4) is 0 Å². The third kappa shape index (κ3) is 3.90. The molecule has 0 bridgehead atoms. The lowest BCUT2D eigenvalue weighted by atomic mass is 9.96. The van der Waals surface area contributed by atoms with E-state index in [1.807, 2.05) is 13.8 Å². The van der Waals surface area contributed by atoms with Crippen molar-refractivity contribution >= 4 is 28.5 Å². The molecule has 1 aliphatic heterocycles. The van der Waals surface area contributed by atoms with Crippen molar-refractivity contribution in [1.82, 2.24) is 9.97 Å². The van der Waals surface area contributed by atoms with Crippen molar-refractivity contribution in [2.75, 3.05) is 44.6 Å². The molecule has 0 spiro atoms. The summed E-state index contributed by atoms with van der Waals surface area (Å²) in [4.78, 5) is 24.1. The Kier molecular flexibility index (Phi) is 6.07. The van der Waals surface area contributed by atoms with Crippen molar-refractivity contribution in [3.05, 3.63) is 29.8 Å². The summed E-state index contributed by atoms with van der Waals surface area (Å²) in [5.41, 5.74) is 2.20. The number of carbonyl (C=O) groups excluding carboxylic acids is 1. The van der Waals surface area contributed by atoms with Crippen molar-refractivity contribution in [2.24, 2.45) is 5.92 Å². The Morgan fingerprint density at radius 3 is 2.50 bits per heavy atom. The van der Waals surface area contributed by atoms with Crippen LogP contribution in [0.5, 0.6) is 17.2 Å². The van der Waals surface area contributed by atoms with Crippen molar-refractivity contribution in [3.8, 4) is 17.2 Å². The third-order valence-electron chi connectivity index (χ3n) is 5.97. The molecule has 32 heavy (non-hydrogen) atoms. The number of benzene rings is 1. The summed E-state index contributed by atoms with van der Waals surface area (Å²) < 4.78 is 21.9. The van der Waals surface area contributed by atoms with Crippen molar-refractivity contribution in [2.45, 2.75) is 26.7 Å². The Morgan fingerprint density at radius 2 is 1.84 bits per heavy atom. The molecule has 1 saturated heterocycles. The molecule has 1 aromatic carbocycles. The molecule has 4 rings (SSSR count). The van der Waals surface area contributed by atoms with Crippen LogP contribution in [-0.4, -0.2) is 50.3 Å². The highest BCUT2D eigenvalue weighted by Gasteiger charge is 2.29. The number of carbonyl (C=O) groups is 1. The largest absolute Gasteiger partial charge is 0.493 e. The molecular weight excluding hydrogens is 412 g/mol. The average Bonchev–Trinajstić information content (AvgIpc) is 3.11. The number of hydrogen-bond donors (Lipinski definition) is 1. The van der Waals surface area contributed by atoms with E-state index < -0.39 is 0 Å². The fourth-order valence-corrected chi connectivity index (χ4v) is 4.18. The molecule has 2 aromatic heterocycles. The smallest absolute Gasteiger partial charge is 0.231 e. The quantitative estimate of drug-likeness (QED) is 0.619. The van der Waals surface area contributed by atoms with E-state index in [9.17, 15) is 4.79 Å². The lowest BCUT2D eigenvalue weighted by Gasteiger charge is -2.33. The number of nitrogens with zero attached hydrogens (tertiary/aromatic N) is 3. The van der Waals surface area contributed by atoms with Gasteiger partial charge >= 0.3 is 0 Å².